The molecule has 34 heavy (non-hydrogen) atoms. The van der Waals surface area contributed by atoms with E-state index in [0.29, 0.717) is 13.2 Å². The second-order valence-electron chi connectivity index (χ2n) is 12.9. The number of hydrogen-bond acceptors (Lipinski definition) is 3. The molecule has 8 aliphatic rings. The lowest BCUT2D eigenvalue weighted by atomic mass is 9.56. The number of para-hydroxylation sites is 1. The molecule has 0 radical (unpaired) electrons. The summed E-state index contributed by atoms with van der Waals surface area (Å²) in [6, 6.07) is 9.89. The maximum atomic E-state index is 14.6. The Kier molecular flexibility index (Phi) is 5.56. The fourth-order valence-electron chi connectivity index (χ4n) is 9.90. The fourth-order valence-corrected chi connectivity index (χ4v) is 15.0. The molecular weight excluding hydrogens is 462 g/mol. The van der Waals surface area contributed by atoms with Gasteiger partial charge in [-0.1, -0.05) is 18.2 Å². The first-order valence-electron chi connectivity index (χ1n) is 13.8. The minimum Gasteiger partial charge on any atom is -0.492 e. The number of nitrogens with zero attached hydrogens (tertiary/aromatic N) is 1. The lowest BCUT2D eigenvalue weighted by Crippen LogP contribution is -2.60. The first-order chi connectivity index (χ1) is 16.5. The van der Waals surface area contributed by atoms with Crippen LogP contribution >= 0.6 is 0 Å². The molecule has 8 saturated carbocycles. The van der Waals surface area contributed by atoms with Gasteiger partial charge >= 0.3 is 0 Å². The smallest absolute Gasteiger partial charge is 0.119 e. The molecule has 8 fully saturated rings. The minimum absolute atomic E-state index is 0.139. The zero-order valence-corrected chi connectivity index (χ0v) is 21.9. The van der Waals surface area contributed by atoms with Crippen LogP contribution in [0.4, 0.5) is 0 Å². The Bertz CT molecular complexity index is 853. The van der Waals surface area contributed by atoms with Crippen molar-refractivity contribution in [3.63, 3.8) is 0 Å². The summed E-state index contributed by atoms with van der Waals surface area (Å²) in [6.45, 7) is 0.942. The standard InChI is InChI=1S/C28H39NO3S2/c30-33(27-14-20-8-21(15-27)10-22(9-20)16-27)29(6-7-32-26-4-2-1-3-5-26)34(31)28-17-23-11-24(18-28)13-25(12-23)19-28/h1-5,20-25H,6-19H2/t20?,21?,22?,23?,24?,25?,27?,28?,33-,34+. The number of ether oxygens (including phenoxy) is 1. The van der Waals surface area contributed by atoms with Gasteiger partial charge in [0.1, 0.15) is 34.3 Å². The highest BCUT2D eigenvalue weighted by Crippen LogP contribution is 2.61. The molecule has 0 N–H and O–H groups in total. The van der Waals surface area contributed by atoms with Crippen molar-refractivity contribution >= 4 is 22.0 Å². The van der Waals surface area contributed by atoms with Gasteiger partial charge in [0, 0.05) is 0 Å². The van der Waals surface area contributed by atoms with Crippen LogP contribution in [0.5, 0.6) is 5.75 Å². The van der Waals surface area contributed by atoms with E-state index < -0.39 is 22.0 Å². The maximum absolute atomic E-state index is 14.6. The van der Waals surface area contributed by atoms with E-state index in [1.807, 2.05) is 34.0 Å². The van der Waals surface area contributed by atoms with Gasteiger partial charge < -0.3 is 4.74 Å². The van der Waals surface area contributed by atoms with E-state index in [4.69, 9.17) is 4.74 Å². The molecule has 0 amide bonds. The zero-order valence-electron chi connectivity index (χ0n) is 20.2. The molecule has 9 rings (SSSR count). The molecule has 0 saturated heterocycles. The molecule has 0 spiro atoms. The van der Waals surface area contributed by atoms with Gasteiger partial charge in [-0.2, -0.15) is 0 Å². The molecule has 1 aromatic rings. The van der Waals surface area contributed by atoms with Crippen molar-refractivity contribution in [2.24, 2.45) is 35.5 Å². The number of benzene rings is 1. The van der Waals surface area contributed by atoms with Crippen LogP contribution in [0.25, 0.3) is 0 Å². The van der Waals surface area contributed by atoms with Crippen LogP contribution in [0, 0.1) is 35.5 Å². The average Bonchev–Trinajstić information content (AvgIpc) is 2.80. The van der Waals surface area contributed by atoms with E-state index in [2.05, 4.69) is 0 Å². The Hall–Kier alpha value is -0.720. The lowest BCUT2D eigenvalue weighted by molar-refractivity contribution is 0.0324. The van der Waals surface area contributed by atoms with Gasteiger partial charge in [0.05, 0.1) is 16.0 Å². The van der Waals surface area contributed by atoms with Crippen LogP contribution in [-0.4, -0.2) is 34.8 Å². The van der Waals surface area contributed by atoms with E-state index >= 15 is 0 Å². The Labute approximate surface area is 209 Å². The molecule has 8 aliphatic carbocycles. The van der Waals surface area contributed by atoms with Crippen LogP contribution in [0.2, 0.25) is 0 Å². The van der Waals surface area contributed by atoms with E-state index in [9.17, 15) is 8.42 Å². The normalized spacial score (nSPS) is 45.6. The molecule has 4 nitrogen and oxygen atoms in total. The summed E-state index contributed by atoms with van der Waals surface area (Å²) >= 11 is 0. The highest BCUT2D eigenvalue weighted by Gasteiger charge is 2.59. The molecule has 186 valence electrons. The summed E-state index contributed by atoms with van der Waals surface area (Å²) in [4.78, 5) is 0. The van der Waals surface area contributed by atoms with Crippen molar-refractivity contribution in [1.29, 1.82) is 0 Å². The van der Waals surface area contributed by atoms with Gasteiger partial charge in [0.25, 0.3) is 0 Å². The Balaban J connectivity index is 1.16. The van der Waals surface area contributed by atoms with Gasteiger partial charge in [0.2, 0.25) is 0 Å². The molecule has 0 aromatic heterocycles. The molecule has 0 unspecified atom stereocenters. The van der Waals surface area contributed by atoms with Crippen LogP contribution < -0.4 is 4.74 Å². The van der Waals surface area contributed by atoms with Crippen molar-refractivity contribution in [2.75, 3.05) is 13.2 Å². The van der Waals surface area contributed by atoms with Gasteiger partial charge in [0.15, 0.2) is 0 Å². The van der Waals surface area contributed by atoms with Gasteiger partial charge in [-0.05, 0) is 125 Å². The van der Waals surface area contributed by atoms with E-state index in [0.717, 1.165) is 79.8 Å². The summed E-state index contributed by atoms with van der Waals surface area (Å²) in [6.07, 6.45) is 14.5. The molecular formula is C28H39NO3S2. The predicted molar refractivity (Wildman–Crippen MR) is 137 cm³/mol. The zero-order chi connectivity index (χ0) is 22.9. The number of hydrogen-bond donors (Lipinski definition) is 0. The third kappa shape index (κ3) is 3.76. The van der Waals surface area contributed by atoms with Gasteiger partial charge in [-0.3, -0.25) is 0 Å². The Morgan fingerprint density at radius 2 is 1.06 bits per heavy atom. The molecule has 1 aromatic carbocycles. The SMILES string of the molecule is O=[S@](N(CCOc1ccccc1)[S@](=O)C12CC3CC(CC(C3)C1)C2)C12CC3CC(CC(C3)C1)C2. The second kappa shape index (κ2) is 8.41. The van der Waals surface area contributed by atoms with Crippen LogP contribution in [0.3, 0.4) is 0 Å². The summed E-state index contributed by atoms with van der Waals surface area (Å²) in [5.74, 6) is 5.28. The first kappa shape index (κ1) is 22.5. The van der Waals surface area contributed by atoms with Crippen LogP contribution in [0.1, 0.15) is 77.0 Å². The third-order valence-electron chi connectivity index (χ3n) is 10.4. The monoisotopic (exact) mass is 501 g/mol. The molecule has 0 aliphatic heterocycles. The highest BCUT2D eigenvalue weighted by atomic mass is 32.3. The summed E-state index contributed by atoms with van der Waals surface area (Å²) in [5, 5.41) is 0. The minimum atomic E-state index is -1.21. The second-order valence-corrected chi connectivity index (χ2v) is 16.8. The molecule has 8 bridgehead atoms. The molecule has 2 atom stereocenters. The van der Waals surface area contributed by atoms with Crippen molar-refractivity contribution in [3.8, 4) is 5.75 Å². The van der Waals surface area contributed by atoms with E-state index in [-0.39, 0.29) is 9.49 Å². The summed E-state index contributed by atoms with van der Waals surface area (Å²) in [7, 11) is -2.42. The summed E-state index contributed by atoms with van der Waals surface area (Å²) < 4.78 is 36.9. The van der Waals surface area contributed by atoms with Gasteiger partial charge in [-0.15, -0.1) is 3.71 Å². The maximum Gasteiger partial charge on any atom is 0.119 e. The average molecular weight is 502 g/mol. The molecule has 6 heteroatoms. The quantitative estimate of drug-likeness (QED) is 0.464. The molecule has 0 heterocycles. The van der Waals surface area contributed by atoms with E-state index in [1.165, 1.54) is 38.5 Å². The highest BCUT2D eigenvalue weighted by molar-refractivity contribution is 7.99. The largest absolute Gasteiger partial charge is 0.492 e. The Morgan fingerprint density at radius 1 is 0.676 bits per heavy atom. The first-order valence-corrected chi connectivity index (χ1v) is 16.0. The fraction of sp³-hybridized carbons (Fsp3) is 0.786. The third-order valence-corrected chi connectivity index (χ3v) is 14.8. The van der Waals surface area contributed by atoms with Crippen molar-refractivity contribution in [2.45, 2.75) is 86.5 Å². The van der Waals surface area contributed by atoms with Crippen molar-refractivity contribution < 1.29 is 13.2 Å². The van der Waals surface area contributed by atoms with E-state index in [1.54, 1.807) is 0 Å². The topological polar surface area (TPSA) is 46.6 Å². The lowest BCUT2D eigenvalue weighted by Gasteiger charge is -2.58. The predicted octanol–water partition coefficient (Wildman–Crippen LogP) is 5.63. The van der Waals surface area contributed by atoms with Gasteiger partial charge in [-0.25, -0.2) is 8.42 Å². The van der Waals surface area contributed by atoms with Crippen molar-refractivity contribution in [1.82, 2.24) is 3.71 Å². The summed E-state index contributed by atoms with van der Waals surface area (Å²) in [5.41, 5.74) is 0. The van der Waals surface area contributed by atoms with Crippen LogP contribution in [-0.2, 0) is 22.0 Å². The number of rotatable bonds is 8. The van der Waals surface area contributed by atoms with Crippen LogP contribution in [0.15, 0.2) is 30.3 Å². The Morgan fingerprint density at radius 3 is 1.44 bits per heavy atom. The van der Waals surface area contributed by atoms with Crippen molar-refractivity contribution in [3.05, 3.63) is 30.3 Å².